The maximum Gasteiger partial charge on any atom is 0.341 e. The van der Waals surface area contributed by atoms with Gasteiger partial charge in [0.2, 0.25) is 5.91 Å². The number of ether oxygens (including phenoxy) is 1. The van der Waals surface area contributed by atoms with Crippen molar-refractivity contribution in [1.29, 1.82) is 0 Å². The topological polar surface area (TPSA) is 120 Å². The number of nitrogens with two attached hydrogens (primary N) is 1. The number of hydrogen-bond acceptors (Lipinski definition) is 7. The Hall–Kier alpha value is -2.72. The third kappa shape index (κ3) is 4.96. The molecule has 0 saturated carbocycles. The number of aryl methyl sites for hydroxylation is 2. The van der Waals surface area contributed by atoms with Crippen molar-refractivity contribution in [1.82, 2.24) is 14.7 Å². The lowest BCUT2D eigenvalue weighted by atomic mass is 10.1. The Morgan fingerprint density at radius 1 is 1.36 bits per heavy atom. The van der Waals surface area contributed by atoms with Crippen molar-refractivity contribution >= 4 is 34.1 Å². The highest BCUT2D eigenvalue weighted by Gasteiger charge is 2.26. The van der Waals surface area contributed by atoms with Gasteiger partial charge in [-0.25, -0.2) is 4.79 Å². The molecule has 0 radical (unpaired) electrons. The fourth-order valence-corrected chi connectivity index (χ4v) is 3.91. The molecule has 2 aromatic heterocycles. The first-order chi connectivity index (χ1) is 13.1. The maximum atomic E-state index is 12.5. The van der Waals surface area contributed by atoms with Crippen LogP contribution in [0.25, 0.3) is 0 Å². The number of amides is 2. The Morgan fingerprint density at radius 3 is 2.57 bits per heavy atom. The highest BCUT2D eigenvalue weighted by molar-refractivity contribution is 7.18. The molecule has 0 aliphatic rings. The summed E-state index contributed by atoms with van der Waals surface area (Å²) in [4.78, 5) is 38.4. The molecule has 0 atom stereocenters. The first-order valence-electron chi connectivity index (χ1n) is 8.71. The minimum absolute atomic E-state index is 0.0967. The molecule has 9 nitrogen and oxygen atoms in total. The summed E-state index contributed by atoms with van der Waals surface area (Å²) in [6.45, 7) is 6.03. The number of esters is 1. The van der Waals surface area contributed by atoms with E-state index in [4.69, 9.17) is 10.5 Å². The lowest BCUT2D eigenvalue weighted by Gasteiger charge is -2.15. The third-order valence-electron chi connectivity index (χ3n) is 4.07. The number of primary amides is 1. The molecule has 2 amide bonds. The Balaban J connectivity index is 2.14. The average Bonchev–Trinajstić information content (AvgIpc) is 3.06. The summed E-state index contributed by atoms with van der Waals surface area (Å²) >= 11 is 0.974. The van der Waals surface area contributed by atoms with Crippen molar-refractivity contribution < 1.29 is 19.1 Å². The van der Waals surface area contributed by atoms with E-state index in [-0.39, 0.29) is 34.5 Å². The molecule has 2 heterocycles. The van der Waals surface area contributed by atoms with Gasteiger partial charge >= 0.3 is 5.97 Å². The number of thiophene rings is 1. The number of likely N-dealkylation sites (N-methyl/N-ethyl adjacent to an activating group) is 1. The van der Waals surface area contributed by atoms with E-state index in [1.807, 2.05) is 32.1 Å². The predicted molar refractivity (Wildman–Crippen MR) is 106 cm³/mol. The van der Waals surface area contributed by atoms with Gasteiger partial charge in [0.15, 0.2) is 0 Å². The second-order valence-corrected chi connectivity index (χ2v) is 7.50. The van der Waals surface area contributed by atoms with Crippen LogP contribution >= 0.6 is 11.3 Å². The van der Waals surface area contributed by atoms with Gasteiger partial charge in [0.25, 0.3) is 5.91 Å². The number of nitrogens with one attached hydrogen (secondary N) is 1. The molecule has 0 spiro atoms. The Morgan fingerprint density at radius 2 is 2.04 bits per heavy atom. The van der Waals surface area contributed by atoms with Crippen LogP contribution in [0.5, 0.6) is 0 Å². The van der Waals surface area contributed by atoms with Crippen molar-refractivity contribution in [2.24, 2.45) is 12.8 Å². The minimum atomic E-state index is -0.655. The standard InChI is InChI=1S/C18H25N5O4S/c1-6-27-18(26)14-10(2)15(16(19)25)28-17(14)20-13(24)9-22(4)7-12-8-23(5)21-11(12)3/h8H,6-7,9H2,1-5H3,(H2,19,25)(H,20,24). The smallest absolute Gasteiger partial charge is 0.341 e. The van der Waals surface area contributed by atoms with Crippen molar-refractivity contribution in [2.75, 3.05) is 25.5 Å². The second kappa shape index (κ2) is 8.98. The van der Waals surface area contributed by atoms with Gasteiger partial charge in [-0.3, -0.25) is 19.2 Å². The van der Waals surface area contributed by atoms with Crippen molar-refractivity contribution in [3.63, 3.8) is 0 Å². The van der Waals surface area contributed by atoms with Gasteiger partial charge in [-0.05, 0) is 33.4 Å². The van der Waals surface area contributed by atoms with Crippen LogP contribution in [0.1, 0.15) is 43.8 Å². The van der Waals surface area contributed by atoms with E-state index in [1.165, 1.54) is 0 Å². The Labute approximate surface area is 167 Å². The van der Waals surface area contributed by atoms with Gasteiger partial charge in [-0.2, -0.15) is 5.10 Å². The highest BCUT2D eigenvalue weighted by Crippen LogP contribution is 2.33. The number of carbonyl (C=O) groups is 3. The van der Waals surface area contributed by atoms with Crippen molar-refractivity contribution in [3.05, 3.63) is 33.5 Å². The van der Waals surface area contributed by atoms with Crippen molar-refractivity contribution in [3.8, 4) is 0 Å². The molecule has 0 bridgehead atoms. The van der Waals surface area contributed by atoms with Gasteiger partial charge in [-0.1, -0.05) is 0 Å². The molecule has 2 aromatic rings. The summed E-state index contributed by atoms with van der Waals surface area (Å²) in [6.07, 6.45) is 1.91. The Kier molecular flexibility index (Phi) is 6.92. The summed E-state index contributed by atoms with van der Waals surface area (Å²) in [5.41, 5.74) is 7.87. The summed E-state index contributed by atoms with van der Waals surface area (Å²) in [5.74, 6) is -1.57. The molecule has 0 unspecified atom stereocenters. The molecule has 0 aliphatic carbocycles. The minimum Gasteiger partial charge on any atom is -0.462 e. The molecular formula is C18H25N5O4S. The third-order valence-corrected chi connectivity index (χ3v) is 5.29. The SMILES string of the molecule is CCOC(=O)c1c(NC(=O)CN(C)Cc2cn(C)nc2C)sc(C(N)=O)c1C. The zero-order valence-electron chi connectivity index (χ0n) is 16.7. The molecular weight excluding hydrogens is 382 g/mol. The molecule has 0 aliphatic heterocycles. The van der Waals surface area contributed by atoms with Crippen LogP contribution in [-0.4, -0.2) is 52.7 Å². The molecule has 2 rings (SSSR count). The van der Waals surface area contributed by atoms with Gasteiger partial charge in [0.1, 0.15) is 5.00 Å². The lowest BCUT2D eigenvalue weighted by Crippen LogP contribution is -2.30. The van der Waals surface area contributed by atoms with E-state index in [9.17, 15) is 14.4 Å². The molecule has 0 fully saturated rings. The second-order valence-electron chi connectivity index (χ2n) is 6.48. The first kappa shape index (κ1) is 21.6. The number of anilines is 1. The molecule has 3 N–H and O–H groups in total. The van der Waals surface area contributed by atoms with E-state index in [0.29, 0.717) is 12.1 Å². The number of nitrogens with zero attached hydrogens (tertiary/aromatic N) is 3. The maximum absolute atomic E-state index is 12.5. The highest BCUT2D eigenvalue weighted by atomic mass is 32.1. The fraction of sp³-hybridized carbons (Fsp3) is 0.444. The van der Waals surface area contributed by atoms with E-state index in [0.717, 1.165) is 22.6 Å². The van der Waals surface area contributed by atoms with Crippen LogP contribution in [0.2, 0.25) is 0 Å². The van der Waals surface area contributed by atoms with Gasteiger partial charge in [-0.15, -0.1) is 11.3 Å². The zero-order chi connectivity index (χ0) is 21.0. The number of carbonyl (C=O) groups excluding carboxylic acids is 3. The van der Waals surface area contributed by atoms with Crippen LogP contribution in [0, 0.1) is 13.8 Å². The fourth-order valence-electron chi connectivity index (χ4n) is 2.85. The van der Waals surface area contributed by atoms with E-state index >= 15 is 0 Å². The molecule has 10 heteroatoms. The van der Waals surface area contributed by atoms with Crippen LogP contribution < -0.4 is 11.1 Å². The average molecular weight is 407 g/mol. The van der Waals surface area contributed by atoms with Crippen LogP contribution in [0.3, 0.4) is 0 Å². The summed E-state index contributed by atoms with van der Waals surface area (Å²) in [7, 11) is 3.66. The van der Waals surface area contributed by atoms with E-state index in [2.05, 4.69) is 10.4 Å². The van der Waals surface area contributed by atoms with Crippen molar-refractivity contribution in [2.45, 2.75) is 27.3 Å². The van der Waals surface area contributed by atoms with Gasteiger partial charge in [0.05, 0.1) is 29.3 Å². The monoisotopic (exact) mass is 407 g/mol. The number of aromatic nitrogens is 2. The molecule has 28 heavy (non-hydrogen) atoms. The number of hydrogen-bond donors (Lipinski definition) is 2. The zero-order valence-corrected chi connectivity index (χ0v) is 17.5. The number of rotatable bonds is 8. The van der Waals surface area contributed by atoms with Crippen LogP contribution in [-0.2, 0) is 23.1 Å². The predicted octanol–water partition coefficient (Wildman–Crippen LogP) is 1.44. The van der Waals surface area contributed by atoms with E-state index < -0.39 is 11.9 Å². The first-order valence-corrected chi connectivity index (χ1v) is 9.53. The van der Waals surface area contributed by atoms with Crippen LogP contribution in [0.15, 0.2) is 6.20 Å². The summed E-state index contributed by atoms with van der Waals surface area (Å²) < 4.78 is 6.77. The van der Waals surface area contributed by atoms with Gasteiger partial charge in [0, 0.05) is 25.4 Å². The lowest BCUT2D eigenvalue weighted by molar-refractivity contribution is -0.117. The van der Waals surface area contributed by atoms with Gasteiger partial charge < -0.3 is 15.8 Å². The largest absolute Gasteiger partial charge is 0.462 e. The Bertz CT molecular complexity index is 902. The van der Waals surface area contributed by atoms with Crippen LogP contribution in [0.4, 0.5) is 5.00 Å². The summed E-state index contributed by atoms with van der Waals surface area (Å²) in [6, 6.07) is 0. The van der Waals surface area contributed by atoms with E-state index in [1.54, 1.807) is 18.5 Å². The molecule has 0 saturated heterocycles. The molecule has 0 aromatic carbocycles. The quantitative estimate of drug-likeness (QED) is 0.639. The summed E-state index contributed by atoms with van der Waals surface area (Å²) in [5, 5.41) is 7.26. The molecule has 152 valence electrons. The normalized spacial score (nSPS) is 10.9.